The first-order valence-corrected chi connectivity index (χ1v) is 6.25. The molecule has 1 fully saturated rings. The normalized spacial score (nSPS) is 16.1. The van der Waals surface area contributed by atoms with Crippen LogP contribution in [0.2, 0.25) is 0 Å². The summed E-state index contributed by atoms with van der Waals surface area (Å²) in [5, 5.41) is 4.47. The highest BCUT2D eigenvalue weighted by atomic mass is 79.9. The van der Waals surface area contributed by atoms with E-state index in [9.17, 15) is 0 Å². The fourth-order valence-corrected chi connectivity index (χ4v) is 2.64. The minimum absolute atomic E-state index is 0.680. The second-order valence-electron chi connectivity index (χ2n) is 3.55. The Morgan fingerprint density at radius 3 is 3.07 bits per heavy atom. The van der Waals surface area contributed by atoms with Gasteiger partial charge in [0.25, 0.3) is 0 Å². The Labute approximate surface area is 94.5 Å². The van der Waals surface area contributed by atoms with Gasteiger partial charge in [-0.25, -0.2) is 4.98 Å². The quantitative estimate of drug-likeness (QED) is 0.900. The molecule has 0 amide bonds. The molecule has 0 unspecified atom stereocenters. The number of anilines is 1. The summed E-state index contributed by atoms with van der Waals surface area (Å²) in [6.07, 6.45) is 2.58. The molecular weight excluding hydrogens is 260 g/mol. The zero-order chi connectivity index (χ0) is 9.54. The first kappa shape index (κ1) is 8.68. The van der Waals surface area contributed by atoms with Gasteiger partial charge < -0.3 is 5.32 Å². The number of hydrogen-bond acceptors (Lipinski definition) is 3. The monoisotopic (exact) mass is 268 g/mol. The number of nitrogens with zero attached hydrogens (tertiary/aromatic N) is 1. The Bertz CT molecular complexity index is 476. The number of aromatic nitrogens is 1. The topological polar surface area (TPSA) is 24.9 Å². The zero-order valence-corrected chi connectivity index (χ0v) is 9.86. The molecule has 1 N–H and O–H groups in total. The van der Waals surface area contributed by atoms with Crippen molar-refractivity contribution in [2.24, 2.45) is 0 Å². The van der Waals surface area contributed by atoms with E-state index in [1.54, 1.807) is 11.3 Å². The van der Waals surface area contributed by atoms with Crippen LogP contribution in [0.4, 0.5) is 5.13 Å². The molecule has 4 heteroatoms. The lowest BCUT2D eigenvalue weighted by molar-refractivity contribution is 1.14. The second-order valence-corrected chi connectivity index (χ2v) is 5.50. The van der Waals surface area contributed by atoms with Crippen LogP contribution in [0.1, 0.15) is 12.8 Å². The number of thiazole rings is 1. The fourth-order valence-electron chi connectivity index (χ4n) is 1.36. The third-order valence-electron chi connectivity index (χ3n) is 2.25. The summed E-state index contributed by atoms with van der Waals surface area (Å²) in [7, 11) is 0. The zero-order valence-electron chi connectivity index (χ0n) is 7.46. The van der Waals surface area contributed by atoms with Crippen molar-refractivity contribution >= 4 is 42.6 Å². The van der Waals surface area contributed by atoms with Gasteiger partial charge >= 0.3 is 0 Å². The molecular formula is C10H9BrN2S. The molecule has 2 aromatic rings. The Morgan fingerprint density at radius 1 is 1.43 bits per heavy atom. The lowest BCUT2D eigenvalue weighted by Crippen LogP contribution is -1.99. The maximum atomic E-state index is 4.53. The molecule has 0 radical (unpaired) electrons. The van der Waals surface area contributed by atoms with E-state index >= 15 is 0 Å². The van der Waals surface area contributed by atoms with Crippen molar-refractivity contribution in [3.63, 3.8) is 0 Å². The maximum Gasteiger partial charge on any atom is 0.184 e. The molecule has 14 heavy (non-hydrogen) atoms. The van der Waals surface area contributed by atoms with E-state index in [1.807, 2.05) is 0 Å². The van der Waals surface area contributed by atoms with Crippen LogP contribution in [0.3, 0.4) is 0 Å². The fraction of sp³-hybridized carbons (Fsp3) is 0.300. The lowest BCUT2D eigenvalue weighted by Gasteiger charge is -1.94. The molecule has 0 bridgehead atoms. The number of fused-ring (bicyclic) bond motifs is 1. The summed E-state index contributed by atoms with van der Waals surface area (Å²) in [5.74, 6) is 0. The van der Waals surface area contributed by atoms with Gasteiger partial charge in [-0.1, -0.05) is 27.3 Å². The van der Waals surface area contributed by atoms with Crippen molar-refractivity contribution in [3.05, 3.63) is 22.7 Å². The van der Waals surface area contributed by atoms with Crippen LogP contribution in [0.15, 0.2) is 22.7 Å². The second kappa shape index (κ2) is 3.21. The SMILES string of the molecule is Brc1ccc2sc(NC3CC3)nc2c1. The number of benzene rings is 1. The van der Waals surface area contributed by atoms with E-state index < -0.39 is 0 Å². The predicted octanol–water partition coefficient (Wildman–Crippen LogP) is 3.63. The summed E-state index contributed by atoms with van der Waals surface area (Å²) in [6.45, 7) is 0. The first-order valence-electron chi connectivity index (χ1n) is 4.64. The van der Waals surface area contributed by atoms with Crippen LogP contribution in [0.25, 0.3) is 10.2 Å². The van der Waals surface area contributed by atoms with Gasteiger partial charge in [0, 0.05) is 10.5 Å². The minimum atomic E-state index is 0.680. The molecule has 1 aliphatic rings. The van der Waals surface area contributed by atoms with Crippen LogP contribution in [0.5, 0.6) is 0 Å². The highest BCUT2D eigenvalue weighted by Crippen LogP contribution is 2.31. The van der Waals surface area contributed by atoms with E-state index in [-0.39, 0.29) is 0 Å². The largest absolute Gasteiger partial charge is 0.359 e. The van der Waals surface area contributed by atoms with Crippen LogP contribution in [-0.2, 0) is 0 Å². The molecule has 72 valence electrons. The molecule has 1 aromatic heterocycles. The average Bonchev–Trinajstić information content (AvgIpc) is 2.84. The molecule has 1 heterocycles. The van der Waals surface area contributed by atoms with Crippen LogP contribution in [0, 0.1) is 0 Å². The molecule has 0 aliphatic heterocycles. The average molecular weight is 269 g/mol. The smallest absolute Gasteiger partial charge is 0.184 e. The van der Waals surface area contributed by atoms with Gasteiger partial charge in [-0.2, -0.15) is 0 Å². The summed E-state index contributed by atoms with van der Waals surface area (Å²) in [5.41, 5.74) is 1.08. The van der Waals surface area contributed by atoms with E-state index in [1.165, 1.54) is 17.5 Å². The predicted molar refractivity (Wildman–Crippen MR) is 64.0 cm³/mol. The minimum Gasteiger partial charge on any atom is -0.359 e. The van der Waals surface area contributed by atoms with E-state index in [4.69, 9.17) is 0 Å². The highest BCUT2D eigenvalue weighted by molar-refractivity contribution is 9.10. The summed E-state index contributed by atoms with van der Waals surface area (Å²) in [4.78, 5) is 4.53. The molecule has 3 rings (SSSR count). The first-order chi connectivity index (χ1) is 6.81. The summed E-state index contributed by atoms with van der Waals surface area (Å²) < 4.78 is 2.34. The van der Waals surface area contributed by atoms with Gasteiger partial charge in [-0.05, 0) is 31.0 Å². The number of halogens is 1. The van der Waals surface area contributed by atoms with Crippen molar-refractivity contribution < 1.29 is 0 Å². The molecule has 0 spiro atoms. The molecule has 1 saturated carbocycles. The standard InChI is InChI=1S/C10H9BrN2S/c11-6-1-4-9-8(5-6)13-10(14-9)12-7-2-3-7/h1,4-5,7H,2-3H2,(H,12,13). The van der Waals surface area contributed by atoms with Gasteiger partial charge in [0.15, 0.2) is 5.13 Å². The van der Waals surface area contributed by atoms with Crippen LogP contribution >= 0.6 is 27.3 Å². The van der Waals surface area contributed by atoms with Crippen molar-refractivity contribution in [2.75, 3.05) is 5.32 Å². The molecule has 0 atom stereocenters. The molecule has 2 nitrogen and oxygen atoms in total. The summed E-state index contributed by atoms with van der Waals surface area (Å²) in [6, 6.07) is 6.90. The van der Waals surface area contributed by atoms with E-state index in [0.717, 1.165) is 15.1 Å². The van der Waals surface area contributed by atoms with Crippen molar-refractivity contribution in [2.45, 2.75) is 18.9 Å². The summed E-state index contributed by atoms with van der Waals surface area (Å²) >= 11 is 5.18. The van der Waals surface area contributed by atoms with Crippen LogP contribution < -0.4 is 5.32 Å². The Morgan fingerprint density at radius 2 is 2.29 bits per heavy atom. The molecule has 1 aromatic carbocycles. The van der Waals surface area contributed by atoms with E-state index in [2.05, 4.69) is 44.4 Å². The van der Waals surface area contributed by atoms with Crippen molar-refractivity contribution in [1.29, 1.82) is 0 Å². The van der Waals surface area contributed by atoms with Gasteiger partial charge in [-0.15, -0.1) is 0 Å². The third kappa shape index (κ3) is 1.64. The Hall–Kier alpha value is -0.610. The van der Waals surface area contributed by atoms with E-state index in [0.29, 0.717) is 6.04 Å². The van der Waals surface area contributed by atoms with Gasteiger partial charge in [-0.3, -0.25) is 0 Å². The van der Waals surface area contributed by atoms with Crippen molar-refractivity contribution in [1.82, 2.24) is 4.98 Å². The van der Waals surface area contributed by atoms with Crippen LogP contribution in [-0.4, -0.2) is 11.0 Å². The van der Waals surface area contributed by atoms with Crippen molar-refractivity contribution in [3.8, 4) is 0 Å². The Kier molecular flexibility index (Phi) is 1.99. The third-order valence-corrected chi connectivity index (χ3v) is 3.72. The lowest BCUT2D eigenvalue weighted by atomic mass is 10.3. The number of nitrogens with one attached hydrogen (secondary N) is 1. The van der Waals surface area contributed by atoms with Gasteiger partial charge in [0.05, 0.1) is 10.2 Å². The number of rotatable bonds is 2. The highest BCUT2D eigenvalue weighted by Gasteiger charge is 2.22. The maximum absolute atomic E-state index is 4.53. The van der Waals surface area contributed by atoms with Gasteiger partial charge in [0.2, 0.25) is 0 Å². The number of hydrogen-bond donors (Lipinski definition) is 1. The Balaban J connectivity index is 2.01. The van der Waals surface area contributed by atoms with Gasteiger partial charge in [0.1, 0.15) is 0 Å². The molecule has 1 aliphatic carbocycles. The molecule has 0 saturated heterocycles.